The molecule has 8 nitrogen and oxygen atoms in total. The van der Waals surface area contributed by atoms with Crippen LogP contribution >= 0.6 is 0 Å². The summed E-state index contributed by atoms with van der Waals surface area (Å²) in [6, 6.07) is 11.0. The predicted molar refractivity (Wildman–Crippen MR) is 122 cm³/mol. The second kappa shape index (κ2) is 9.38. The minimum absolute atomic E-state index is 0.0217. The SMILES string of the molecule is CCCCC1C(=O)N(C)CCN1C(=O)c1cnc2c(c1)N(Cc1ccccc1)C(=O)CN2. The average Bonchev–Trinajstić information content (AvgIpc) is 2.82. The number of benzene rings is 1. The molecule has 2 aromatic rings. The van der Waals surface area contributed by atoms with E-state index in [0.29, 0.717) is 43.1 Å². The van der Waals surface area contributed by atoms with Crippen LogP contribution in [0.5, 0.6) is 0 Å². The van der Waals surface area contributed by atoms with Gasteiger partial charge in [-0.2, -0.15) is 0 Å². The van der Waals surface area contributed by atoms with Gasteiger partial charge in [-0.25, -0.2) is 4.98 Å². The minimum Gasteiger partial charge on any atom is -0.359 e. The summed E-state index contributed by atoms with van der Waals surface area (Å²) in [6.07, 6.45) is 4.01. The van der Waals surface area contributed by atoms with Crippen LogP contribution in [0, 0.1) is 0 Å². The molecule has 2 aliphatic heterocycles. The van der Waals surface area contributed by atoms with E-state index in [1.165, 1.54) is 6.20 Å². The molecule has 1 aromatic carbocycles. The van der Waals surface area contributed by atoms with Crippen LogP contribution in [0.3, 0.4) is 0 Å². The molecule has 1 atom stereocenters. The van der Waals surface area contributed by atoms with Crippen molar-refractivity contribution in [1.82, 2.24) is 14.8 Å². The summed E-state index contributed by atoms with van der Waals surface area (Å²) in [4.78, 5) is 48.4. The van der Waals surface area contributed by atoms with Gasteiger partial charge in [-0.3, -0.25) is 14.4 Å². The number of likely N-dealkylation sites (N-methyl/N-ethyl adjacent to an activating group) is 1. The lowest BCUT2D eigenvalue weighted by Crippen LogP contribution is -2.57. The zero-order chi connectivity index (χ0) is 22.7. The number of carbonyl (C=O) groups is 3. The molecular formula is C24H29N5O3. The van der Waals surface area contributed by atoms with Gasteiger partial charge in [0.25, 0.3) is 5.91 Å². The molecule has 3 heterocycles. The summed E-state index contributed by atoms with van der Waals surface area (Å²) >= 11 is 0. The number of amides is 3. The fourth-order valence-corrected chi connectivity index (χ4v) is 4.24. The van der Waals surface area contributed by atoms with E-state index in [1.54, 1.807) is 27.8 Å². The molecule has 0 spiro atoms. The molecule has 0 aliphatic carbocycles. The van der Waals surface area contributed by atoms with Crippen molar-refractivity contribution in [2.75, 3.05) is 36.9 Å². The Kier molecular flexibility index (Phi) is 6.39. The lowest BCUT2D eigenvalue weighted by Gasteiger charge is -2.39. The highest BCUT2D eigenvalue weighted by Crippen LogP contribution is 2.31. The van der Waals surface area contributed by atoms with Crippen molar-refractivity contribution in [2.45, 2.75) is 38.8 Å². The van der Waals surface area contributed by atoms with E-state index in [4.69, 9.17) is 0 Å². The van der Waals surface area contributed by atoms with Crippen molar-refractivity contribution in [2.24, 2.45) is 0 Å². The van der Waals surface area contributed by atoms with E-state index in [1.807, 2.05) is 30.3 Å². The van der Waals surface area contributed by atoms with Crippen LogP contribution in [0.4, 0.5) is 11.5 Å². The molecule has 1 N–H and O–H groups in total. The topological polar surface area (TPSA) is 85.9 Å². The Morgan fingerprint density at radius 3 is 2.72 bits per heavy atom. The van der Waals surface area contributed by atoms with Gasteiger partial charge in [0.05, 0.1) is 24.3 Å². The Hall–Kier alpha value is -3.42. The maximum atomic E-state index is 13.4. The Labute approximate surface area is 188 Å². The molecule has 0 radical (unpaired) electrons. The van der Waals surface area contributed by atoms with Crippen LogP contribution in [0.15, 0.2) is 42.6 Å². The van der Waals surface area contributed by atoms with E-state index < -0.39 is 6.04 Å². The average molecular weight is 436 g/mol. The van der Waals surface area contributed by atoms with Crippen molar-refractivity contribution < 1.29 is 14.4 Å². The number of anilines is 2. The van der Waals surface area contributed by atoms with Gasteiger partial charge in [0, 0.05) is 26.3 Å². The molecule has 168 valence electrons. The second-order valence-corrected chi connectivity index (χ2v) is 8.33. The maximum absolute atomic E-state index is 13.4. The van der Waals surface area contributed by atoms with Crippen LogP contribution in [0.2, 0.25) is 0 Å². The zero-order valence-electron chi connectivity index (χ0n) is 18.6. The van der Waals surface area contributed by atoms with Crippen molar-refractivity contribution >= 4 is 29.2 Å². The minimum atomic E-state index is -0.461. The van der Waals surface area contributed by atoms with E-state index in [-0.39, 0.29) is 24.3 Å². The number of aromatic nitrogens is 1. The quantitative estimate of drug-likeness (QED) is 0.754. The normalized spacial score (nSPS) is 18.4. The summed E-state index contributed by atoms with van der Waals surface area (Å²) in [6.45, 7) is 3.62. The molecule has 2 aliphatic rings. The molecule has 1 aromatic heterocycles. The highest BCUT2D eigenvalue weighted by molar-refractivity contribution is 6.04. The molecule has 32 heavy (non-hydrogen) atoms. The first-order chi connectivity index (χ1) is 15.5. The third-order valence-corrected chi connectivity index (χ3v) is 6.10. The standard InChI is InChI=1S/C24H29N5O3/c1-3-4-10-19-24(32)27(2)11-12-28(19)23(31)18-13-20-22(25-14-18)26-15-21(30)29(20)16-17-8-6-5-7-9-17/h5-9,13-14,19H,3-4,10-12,15-16H2,1-2H3,(H,25,26). The summed E-state index contributed by atoms with van der Waals surface area (Å²) in [7, 11) is 1.78. The number of piperazine rings is 1. The molecule has 8 heteroatoms. The number of carbonyl (C=O) groups excluding carboxylic acids is 3. The highest BCUT2D eigenvalue weighted by atomic mass is 16.2. The van der Waals surface area contributed by atoms with Crippen LogP contribution < -0.4 is 10.2 Å². The monoisotopic (exact) mass is 435 g/mol. The number of fused-ring (bicyclic) bond motifs is 1. The predicted octanol–water partition coefficient (Wildman–Crippen LogP) is 2.51. The summed E-state index contributed by atoms with van der Waals surface area (Å²) in [5.74, 6) is 0.254. The third-order valence-electron chi connectivity index (χ3n) is 6.10. The van der Waals surface area contributed by atoms with Gasteiger partial charge in [0.15, 0.2) is 5.82 Å². The van der Waals surface area contributed by atoms with Crippen LogP contribution in [0.1, 0.15) is 42.1 Å². The zero-order valence-corrected chi connectivity index (χ0v) is 18.6. The molecule has 4 rings (SSSR count). The second-order valence-electron chi connectivity index (χ2n) is 8.33. The van der Waals surface area contributed by atoms with E-state index in [2.05, 4.69) is 17.2 Å². The first-order valence-electron chi connectivity index (χ1n) is 11.1. The number of hydrogen-bond donors (Lipinski definition) is 1. The Bertz CT molecular complexity index is 1010. The largest absolute Gasteiger partial charge is 0.359 e. The smallest absolute Gasteiger partial charge is 0.256 e. The molecule has 0 saturated carbocycles. The molecular weight excluding hydrogens is 406 g/mol. The summed E-state index contributed by atoms with van der Waals surface area (Å²) in [5.41, 5.74) is 1.97. The highest BCUT2D eigenvalue weighted by Gasteiger charge is 2.36. The molecule has 1 saturated heterocycles. The van der Waals surface area contributed by atoms with Gasteiger partial charge < -0.3 is 20.0 Å². The fourth-order valence-electron chi connectivity index (χ4n) is 4.24. The fraction of sp³-hybridized carbons (Fsp3) is 0.417. The molecule has 1 unspecified atom stereocenters. The number of rotatable bonds is 6. The van der Waals surface area contributed by atoms with E-state index in [0.717, 1.165) is 18.4 Å². The number of nitrogens with one attached hydrogen (secondary N) is 1. The number of unbranched alkanes of at least 4 members (excludes halogenated alkanes) is 1. The van der Waals surface area contributed by atoms with Gasteiger partial charge >= 0.3 is 0 Å². The molecule has 3 amide bonds. The lowest BCUT2D eigenvalue weighted by atomic mass is 10.0. The summed E-state index contributed by atoms with van der Waals surface area (Å²) < 4.78 is 0. The van der Waals surface area contributed by atoms with Crippen molar-refractivity contribution in [1.29, 1.82) is 0 Å². The van der Waals surface area contributed by atoms with Crippen LogP contribution in [-0.4, -0.2) is 65.2 Å². The lowest BCUT2D eigenvalue weighted by molar-refractivity contribution is -0.138. The Morgan fingerprint density at radius 1 is 1.19 bits per heavy atom. The van der Waals surface area contributed by atoms with Crippen LogP contribution in [0.25, 0.3) is 0 Å². The van der Waals surface area contributed by atoms with Crippen molar-refractivity contribution in [3.8, 4) is 0 Å². The van der Waals surface area contributed by atoms with Gasteiger partial charge in [0.2, 0.25) is 11.8 Å². The molecule has 0 bridgehead atoms. The first kappa shape index (κ1) is 21.8. The van der Waals surface area contributed by atoms with Gasteiger partial charge in [-0.05, 0) is 18.1 Å². The number of nitrogens with zero attached hydrogens (tertiary/aromatic N) is 4. The summed E-state index contributed by atoms with van der Waals surface area (Å²) in [5, 5.41) is 3.04. The van der Waals surface area contributed by atoms with Gasteiger partial charge in [-0.1, -0.05) is 50.1 Å². The molecule has 1 fully saturated rings. The van der Waals surface area contributed by atoms with Crippen molar-refractivity contribution in [3.05, 3.63) is 53.7 Å². The van der Waals surface area contributed by atoms with Gasteiger partial charge in [0.1, 0.15) is 6.04 Å². The number of pyridine rings is 1. The Morgan fingerprint density at radius 2 is 1.97 bits per heavy atom. The van der Waals surface area contributed by atoms with Crippen LogP contribution in [-0.2, 0) is 16.1 Å². The third kappa shape index (κ3) is 4.30. The first-order valence-corrected chi connectivity index (χ1v) is 11.1. The number of hydrogen-bond acceptors (Lipinski definition) is 5. The Balaban J connectivity index is 1.62. The van der Waals surface area contributed by atoms with Gasteiger partial charge in [-0.15, -0.1) is 0 Å². The van der Waals surface area contributed by atoms with Crippen molar-refractivity contribution in [3.63, 3.8) is 0 Å². The van der Waals surface area contributed by atoms with E-state index >= 15 is 0 Å². The maximum Gasteiger partial charge on any atom is 0.256 e. The van der Waals surface area contributed by atoms with E-state index in [9.17, 15) is 14.4 Å².